The molecule has 7 nitrogen and oxygen atoms in total. The van der Waals surface area contributed by atoms with Gasteiger partial charge in [0.05, 0.1) is 12.0 Å². The van der Waals surface area contributed by atoms with Crippen molar-refractivity contribution in [1.82, 2.24) is 9.55 Å². The Bertz CT molecular complexity index is 1000. The number of aromatic nitrogens is 2. The van der Waals surface area contributed by atoms with Crippen molar-refractivity contribution in [3.63, 3.8) is 0 Å². The van der Waals surface area contributed by atoms with Crippen LogP contribution in [0, 0.1) is 5.95 Å². The van der Waals surface area contributed by atoms with E-state index in [2.05, 4.69) is 9.17 Å². The third-order valence-electron chi connectivity index (χ3n) is 3.76. The van der Waals surface area contributed by atoms with Crippen molar-refractivity contribution >= 4 is 28.0 Å². The molecule has 146 valence electrons. The number of halogens is 4. The van der Waals surface area contributed by atoms with Crippen LogP contribution < -0.4 is 9.61 Å². The molecule has 1 aliphatic rings. The first kappa shape index (κ1) is 19.3. The average Bonchev–Trinajstić information content (AvgIpc) is 3.41. The summed E-state index contributed by atoms with van der Waals surface area (Å²) in [5, 5.41) is -0.344. The number of nitrogens with zero attached hydrogens (tertiary/aromatic N) is 2. The number of esters is 1. The zero-order chi connectivity index (χ0) is 19.9. The summed E-state index contributed by atoms with van der Waals surface area (Å²) in [4.78, 5) is 27.8. The van der Waals surface area contributed by atoms with Gasteiger partial charge in [-0.1, -0.05) is 0 Å². The number of rotatable bonds is 5. The Kier molecular flexibility index (Phi) is 4.93. The predicted molar refractivity (Wildman–Crippen MR) is 85.0 cm³/mol. The van der Waals surface area contributed by atoms with E-state index in [0.29, 0.717) is 12.8 Å². The van der Waals surface area contributed by atoms with Gasteiger partial charge < -0.3 is 13.5 Å². The summed E-state index contributed by atoms with van der Waals surface area (Å²) in [5.41, 5.74) is -6.88. The van der Waals surface area contributed by atoms with Gasteiger partial charge in [0.15, 0.2) is 0 Å². The molecule has 3 rings (SSSR count). The van der Waals surface area contributed by atoms with Crippen molar-refractivity contribution in [1.29, 1.82) is 0 Å². The van der Waals surface area contributed by atoms with Crippen LogP contribution >= 0.6 is 0 Å². The van der Waals surface area contributed by atoms with E-state index >= 15 is 0 Å². The van der Waals surface area contributed by atoms with Crippen molar-refractivity contribution in [2.24, 2.45) is 0 Å². The molecule has 1 aliphatic carbocycles. The molecule has 0 amide bonds. The molecule has 0 bridgehead atoms. The van der Waals surface area contributed by atoms with Crippen LogP contribution in [-0.2, 0) is 15.8 Å². The van der Waals surface area contributed by atoms with Gasteiger partial charge in [0.2, 0.25) is 11.2 Å². The minimum Gasteiger partial charge on any atom is -0.462 e. The molecule has 1 saturated carbocycles. The van der Waals surface area contributed by atoms with Gasteiger partial charge in [-0.05, 0) is 19.8 Å². The fourth-order valence-corrected chi connectivity index (χ4v) is 2.88. The van der Waals surface area contributed by atoms with E-state index in [1.54, 1.807) is 0 Å². The molecule has 2 heterocycles. The molecule has 12 heteroatoms. The number of fused-ring (bicyclic) bond motifs is 1. The third kappa shape index (κ3) is 3.66. The third-order valence-corrected chi connectivity index (χ3v) is 4.46. The lowest BCUT2D eigenvalue weighted by Crippen LogP contribution is -2.24. The highest BCUT2D eigenvalue weighted by molar-refractivity contribution is 7.81. The summed E-state index contributed by atoms with van der Waals surface area (Å²) >= 11 is -3.87. The zero-order valence-corrected chi connectivity index (χ0v) is 14.5. The van der Waals surface area contributed by atoms with Crippen LogP contribution in [0.3, 0.4) is 0 Å². The van der Waals surface area contributed by atoms with Gasteiger partial charge in [0.1, 0.15) is 11.1 Å². The first-order valence-electron chi connectivity index (χ1n) is 7.72. The van der Waals surface area contributed by atoms with Crippen LogP contribution in [0.5, 0.6) is 5.75 Å². The molecule has 0 spiro atoms. The first-order chi connectivity index (χ1) is 12.6. The van der Waals surface area contributed by atoms with E-state index < -0.39 is 39.7 Å². The quantitative estimate of drug-likeness (QED) is 0.429. The minimum absolute atomic E-state index is 0.000330. The molecule has 1 unspecified atom stereocenters. The molecule has 1 fully saturated rings. The molecule has 27 heavy (non-hydrogen) atoms. The largest absolute Gasteiger partial charge is 0.508 e. The number of hydrogen-bond donors (Lipinski definition) is 0. The van der Waals surface area contributed by atoms with Crippen molar-refractivity contribution in [2.75, 3.05) is 6.61 Å². The molecule has 1 atom stereocenters. The summed E-state index contributed by atoms with van der Waals surface area (Å²) in [7, 11) is 0. The Hall–Kier alpha value is -2.50. The molecule has 0 aromatic carbocycles. The topological polar surface area (TPSA) is 87.5 Å². The van der Waals surface area contributed by atoms with E-state index in [1.165, 1.54) is 11.5 Å². The molecule has 0 radical (unpaired) electrons. The van der Waals surface area contributed by atoms with Gasteiger partial charge in [-0.25, -0.2) is 14.0 Å². The Labute approximate surface area is 151 Å². The lowest BCUT2D eigenvalue weighted by Gasteiger charge is -2.16. The predicted octanol–water partition coefficient (Wildman–Crippen LogP) is 2.61. The lowest BCUT2D eigenvalue weighted by molar-refractivity contribution is -0.0438. The monoisotopic (exact) mass is 408 g/mol. The van der Waals surface area contributed by atoms with Gasteiger partial charge in [-0.3, -0.25) is 4.79 Å². The Morgan fingerprint density at radius 1 is 1.41 bits per heavy atom. The number of carbonyl (C=O) groups is 1. The second-order valence-electron chi connectivity index (χ2n) is 5.64. The van der Waals surface area contributed by atoms with Crippen molar-refractivity contribution in [2.45, 2.75) is 31.3 Å². The molecule has 2 aromatic heterocycles. The van der Waals surface area contributed by atoms with Gasteiger partial charge in [0.25, 0.3) is 5.95 Å². The van der Waals surface area contributed by atoms with Crippen molar-refractivity contribution < 1.29 is 35.5 Å². The van der Waals surface area contributed by atoms with E-state index in [1.807, 2.05) is 0 Å². The normalized spacial score (nSPS) is 15.6. The van der Waals surface area contributed by atoms with E-state index in [0.717, 1.165) is 12.4 Å². The maximum Gasteiger partial charge on any atom is 0.508 e. The fourth-order valence-electron chi connectivity index (χ4n) is 2.48. The van der Waals surface area contributed by atoms with E-state index in [-0.39, 0.29) is 29.1 Å². The number of pyridine rings is 2. The van der Waals surface area contributed by atoms with E-state index in [9.17, 15) is 31.4 Å². The van der Waals surface area contributed by atoms with Crippen molar-refractivity contribution in [3.8, 4) is 5.75 Å². The number of carbonyl (C=O) groups excluding carboxylic acids is 1. The molecular weight excluding hydrogens is 396 g/mol. The molecule has 2 aromatic rings. The highest BCUT2D eigenvalue weighted by atomic mass is 32.2. The number of alkyl halides is 3. The Balaban J connectivity index is 2.27. The van der Waals surface area contributed by atoms with Gasteiger partial charge >= 0.3 is 22.6 Å². The summed E-state index contributed by atoms with van der Waals surface area (Å²) < 4.78 is 73.4. The Morgan fingerprint density at radius 2 is 2.07 bits per heavy atom. The fraction of sp³-hybridized carbons (Fsp3) is 0.400. The maximum absolute atomic E-state index is 14.1. The highest BCUT2D eigenvalue weighted by Gasteiger charge is 2.41. The van der Waals surface area contributed by atoms with Crippen LogP contribution in [0.4, 0.5) is 17.6 Å². The second-order valence-corrected chi connectivity index (χ2v) is 6.73. The van der Waals surface area contributed by atoms with Gasteiger partial charge in [0, 0.05) is 18.4 Å². The maximum atomic E-state index is 14.1. The van der Waals surface area contributed by atoms with Gasteiger partial charge in [-0.2, -0.15) is 17.6 Å². The van der Waals surface area contributed by atoms with Crippen LogP contribution in [0.2, 0.25) is 0 Å². The molecular formula is C15H12F4N2O5S. The number of hydrogen-bond acceptors (Lipinski definition) is 6. The summed E-state index contributed by atoms with van der Waals surface area (Å²) in [6.07, 6.45) is 3.05. The smallest absolute Gasteiger partial charge is 0.462 e. The molecule has 0 aliphatic heterocycles. The van der Waals surface area contributed by atoms with Crippen molar-refractivity contribution in [3.05, 3.63) is 34.1 Å². The zero-order valence-electron chi connectivity index (χ0n) is 13.7. The van der Waals surface area contributed by atoms with Crippen LogP contribution in [-0.4, -0.2) is 31.8 Å². The van der Waals surface area contributed by atoms with Crippen LogP contribution in [0.1, 0.15) is 36.2 Å². The number of ether oxygens (including phenoxy) is 1. The summed E-state index contributed by atoms with van der Waals surface area (Å²) in [6, 6.07) is -0.287. The summed E-state index contributed by atoms with van der Waals surface area (Å²) in [5.74, 6) is -3.45. The van der Waals surface area contributed by atoms with Crippen LogP contribution in [0.15, 0.2) is 17.2 Å². The van der Waals surface area contributed by atoms with E-state index in [4.69, 9.17) is 4.74 Å². The second kappa shape index (κ2) is 6.91. The highest BCUT2D eigenvalue weighted by Crippen LogP contribution is 2.40. The average molecular weight is 408 g/mol. The standard InChI is InChI=1S/C15H12F4N2O5S/c1-2-25-14(23)9-6-21(7-3-4-7)10-8(11(9)22)5-20-13(16)12(10)26-27(24)15(17,18)19/h5-7H,2-4H2,1H3. The lowest BCUT2D eigenvalue weighted by atomic mass is 10.1. The molecule has 0 N–H and O–H groups in total. The minimum atomic E-state index is -5.26. The molecule has 0 saturated heterocycles. The van der Waals surface area contributed by atoms with Gasteiger partial charge in [-0.15, -0.1) is 0 Å². The SMILES string of the molecule is CCOC(=O)c1cn(C2CC2)c2c(OS(=O)C(F)(F)F)c(F)ncc2c1=O. The first-order valence-corrected chi connectivity index (χ1v) is 8.80. The van der Waals surface area contributed by atoms with Crippen LogP contribution in [0.25, 0.3) is 10.9 Å². The summed E-state index contributed by atoms with van der Waals surface area (Å²) in [6.45, 7) is 1.54. The Morgan fingerprint density at radius 3 is 2.63 bits per heavy atom.